The number of methoxy groups -OCH3 is 1. The van der Waals surface area contributed by atoms with E-state index in [0.717, 1.165) is 41.1 Å². The number of nitrogens with one attached hydrogen (secondary N) is 1. The van der Waals surface area contributed by atoms with E-state index in [1.165, 1.54) is 55.5 Å². The van der Waals surface area contributed by atoms with E-state index >= 15 is 0 Å². The molecule has 3 aromatic heterocycles. The summed E-state index contributed by atoms with van der Waals surface area (Å²) >= 11 is 0. The summed E-state index contributed by atoms with van der Waals surface area (Å²) in [5.41, 5.74) is 5.33. The third-order valence-corrected chi connectivity index (χ3v) is 7.60. The lowest BCUT2D eigenvalue weighted by Gasteiger charge is -2.43. The number of nitrogens with zero attached hydrogens (tertiary/aromatic N) is 5. The van der Waals surface area contributed by atoms with Crippen molar-refractivity contribution >= 4 is 27.5 Å². The van der Waals surface area contributed by atoms with Gasteiger partial charge in [0, 0.05) is 79.6 Å². The minimum atomic E-state index is 0.680. The Balaban J connectivity index is 1.36. The third kappa shape index (κ3) is 3.79. The van der Waals surface area contributed by atoms with Crippen LogP contribution in [0.15, 0.2) is 48.9 Å². The molecule has 1 aromatic carbocycles. The van der Waals surface area contributed by atoms with Gasteiger partial charge in [-0.1, -0.05) is 0 Å². The second-order valence-electron chi connectivity index (χ2n) is 9.58. The molecule has 7 nitrogen and oxygen atoms in total. The zero-order valence-corrected chi connectivity index (χ0v) is 20.0. The number of ether oxygens (including phenoxy) is 1. The zero-order valence-electron chi connectivity index (χ0n) is 20.0. The van der Waals surface area contributed by atoms with Crippen LogP contribution in [-0.4, -0.2) is 84.2 Å². The molecule has 176 valence electrons. The number of piperidine rings is 1. The molecule has 0 bridgehead atoms. The quantitative estimate of drug-likeness (QED) is 0.501. The molecule has 1 N–H and O–H groups in total. The van der Waals surface area contributed by atoms with Gasteiger partial charge >= 0.3 is 0 Å². The van der Waals surface area contributed by atoms with Gasteiger partial charge in [0.25, 0.3) is 0 Å². The SMILES string of the molecule is COc1ccc2[nH]c3cnc(-c4cccnc4)cc3c2c1N1CCC(N2CCN(C)CC2)CC1. The first-order valence-corrected chi connectivity index (χ1v) is 12.3. The molecular weight excluding hydrogens is 424 g/mol. The smallest absolute Gasteiger partial charge is 0.142 e. The Morgan fingerprint density at radius 3 is 2.53 bits per heavy atom. The van der Waals surface area contributed by atoms with Crippen molar-refractivity contribution in [3.05, 3.63) is 48.9 Å². The van der Waals surface area contributed by atoms with Crippen LogP contribution in [0.4, 0.5) is 5.69 Å². The van der Waals surface area contributed by atoms with Gasteiger partial charge in [0.05, 0.1) is 30.2 Å². The van der Waals surface area contributed by atoms with E-state index < -0.39 is 0 Å². The van der Waals surface area contributed by atoms with Gasteiger partial charge in [-0.15, -0.1) is 0 Å². The monoisotopic (exact) mass is 456 g/mol. The van der Waals surface area contributed by atoms with E-state index in [1.54, 1.807) is 13.3 Å². The van der Waals surface area contributed by atoms with Crippen LogP contribution in [-0.2, 0) is 0 Å². The van der Waals surface area contributed by atoms with Crippen molar-refractivity contribution in [3.8, 4) is 17.0 Å². The molecule has 2 saturated heterocycles. The number of rotatable bonds is 4. The largest absolute Gasteiger partial charge is 0.495 e. The minimum Gasteiger partial charge on any atom is -0.495 e. The van der Waals surface area contributed by atoms with E-state index in [1.807, 2.05) is 18.5 Å². The van der Waals surface area contributed by atoms with Gasteiger partial charge in [0.15, 0.2) is 0 Å². The molecule has 6 rings (SSSR count). The number of fused-ring (bicyclic) bond motifs is 3. The molecule has 2 fully saturated rings. The number of aromatic nitrogens is 3. The van der Waals surface area contributed by atoms with Gasteiger partial charge in [-0.3, -0.25) is 14.9 Å². The summed E-state index contributed by atoms with van der Waals surface area (Å²) in [5, 5.41) is 2.40. The van der Waals surface area contributed by atoms with Crippen LogP contribution in [0.2, 0.25) is 0 Å². The third-order valence-electron chi connectivity index (χ3n) is 7.60. The zero-order chi connectivity index (χ0) is 23.1. The van der Waals surface area contributed by atoms with Crippen LogP contribution in [0.25, 0.3) is 33.1 Å². The first kappa shape index (κ1) is 21.4. The summed E-state index contributed by atoms with van der Waals surface area (Å²) in [7, 11) is 4.00. The van der Waals surface area contributed by atoms with Crippen molar-refractivity contribution < 1.29 is 4.74 Å². The van der Waals surface area contributed by atoms with Gasteiger partial charge in [0.1, 0.15) is 5.75 Å². The molecule has 2 aliphatic heterocycles. The highest BCUT2D eigenvalue weighted by molar-refractivity contribution is 6.15. The summed E-state index contributed by atoms with van der Waals surface area (Å²) in [6.07, 6.45) is 7.98. The maximum atomic E-state index is 5.90. The van der Waals surface area contributed by atoms with Crippen LogP contribution in [0, 0.1) is 0 Å². The first-order valence-electron chi connectivity index (χ1n) is 12.3. The number of pyridine rings is 2. The number of hydrogen-bond donors (Lipinski definition) is 1. The summed E-state index contributed by atoms with van der Waals surface area (Å²) in [6, 6.07) is 11.1. The second kappa shape index (κ2) is 8.89. The maximum Gasteiger partial charge on any atom is 0.142 e. The summed E-state index contributed by atoms with van der Waals surface area (Å²) < 4.78 is 5.90. The summed E-state index contributed by atoms with van der Waals surface area (Å²) in [4.78, 5) is 20.2. The fourth-order valence-electron chi connectivity index (χ4n) is 5.65. The van der Waals surface area contributed by atoms with Crippen molar-refractivity contribution in [2.75, 3.05) is 58.3 Å². The molecule has 0 saturated carbocycles. The number of aromatic amines is 1. The minimum absolute atomic E-state index is 0.680. The molecule has 0 spiro atoms. The molecule has 7 heteroatoms. The van der Waals surface area contributed by atoms with Gasteiger partial charge in [-0.2, -0.15) is 0 Å². The predicted octanol–water partition coefficient (Wildman–Crippen LogP) is 4.00. The van der Waals surface area contributed by atoms with E-state index in [0.29, 0.717) is 6.04 Å². The Hall–Kier alpha value is -3.16. The lowest BCUT2D eigenvalue weighted by molar-refractivity contribution is 0.0982. The first-order chi connectivity index (χ1) is 16.7. The second-order valence-corrected chi connectivity index (χ2v) is 9.58. The highest BCUT2D eigenvalue weighted by Gasteiger charge is 2.29. The standard InChI is InChI=1S/C27H32N6O/c1-31-12-14-32(15-13-31)20-7-10-33(11-8-20)27-25(34-2)6-5-22-26(27)21-16-23(29-18-24(21)30-22)19-4-3-9-28-17-19/h3-6,9,16-18,20,30H,7-8,10-15H2,1-2H3. The van der Waals surface area contributed by atoms with E-state index in [4.69, 9.17) is 9.72 Å². The van der Waals surface area contributed by atoms with Crippen LogP contribution >= 0.6 is 0 Å². The number of hydrogen-bond acceptors (Lipinski definition) is 6. The number of H-pyrrole nitrogens is 1. The van der Waals surface area contributed by atoms with Crippen molar-refractivity contribution in [2.45, 2.75) is 18.9 Å². The summed E-state index contributed by atoms with van der Waals surface area (Å²) in [5.74, 6) is 0.936. The van der Waals surface area contributed by atoms with Crippen LogP contribution in [0.3, 0.4) is 0 Å². The van der Waals surface area contributed by atoms with Crippen molar-refractivity contribution in [1.29, 1.82) is 0 Å². The number of benzene rings is 1. The maximum absolute atomic E-state index is 5.90. The van der Waals surface area contributed by atoms with Crippen LogP contribution in [0.5, 0.6) is 5.75 Å². The average molecular weight is 457 g/mol. The fraction of sp³-hybridized carbons (Fsp3) is 0.407. The van der Waals surface area contributed by atoms with Gasteiger partial charge in [0.2, 0.25) is 0 Å². The van der Waals surface area contributed by atoms with Crippen LogP contribution in [0.1, 0.15) is 12.8 Å². The molecule has 4 aromatic rings. The van der Waals surface area contributed by atoms with E-state index in [-0.39, 0.29) is 0 Å². The lowest BCUT2D eigenvalue weighted by atomic mass is 10.00. The molecule has 0 radical (unpaired) electrons. The van der Waals surface area contributed by atoms with Crippen LogP contribution < -0.4 is 9.64 Å². The molecule has 0 aliphatic carbocycles. The molecule has 0 unspecified atom stereocenters. The van der Waals surface area contributed by atoms with Gasteiger partial charge in [-0.05, 0) is 50.2 Å². The summed E-state index contributed by atoms with van der Waals surface area (Å²) in [6.45, 7) is 6.81. The van der Waals surface area contributed by atoms with E-state index in [9.17, 15) is 0 Å². The van der Waals surface area contributed by atoms with Gasteiger partial charge < -0.3 is 19.5 Å². The number of likely N-dealkylation sites (N-methyl/N-ethyl adjacent to an activating group) is 1. The molecule has 0 atom stereocenters. The Kier molecular flexibility index (Phi) is 5.59. The highest BCUT2D eigenvalue weighted by atomic mass is 16.5. The van der Waals surface area contributed by atoms with Gasteiger partial charge in [-0.25, -0.2) is 0 Å². The highest BCUT2D eigenvalue weighted by Crippen LogP contribution is 2.42. The predicted molar refractivity (Wildman–Crippen MR) is 138 cm³/mol. The molecule has 2 aliphatic rings. The fourth-order valence-corrected chi connectivity index (χ4v) is 5.65. The number of anilines is 1. The topological polar surface area (TPSA) is 60.5 Å². The average Bonchev–Trinajstić information content (AvgIpc) is 3.27. The Bertz CT molecular complexity index is 1290. The molecule has 34 heavy (non-hydrogen) atoms. The molecular formula is C27H32N6O. The number of piperazine rings is 1. The van der Waals surface area contributed by atoms with E-state index in [2.05, 4.69) is 56.0 Å². The Morgan fingerprint density at radius 1 is 0.971 bits per heavy atom. The normalized spacial score (nSPS) is 18.7. The van der Waals surface area contributed by atoms with Crippen molar-refractivity contribution in [2.24, 2.45) is 0 Å². The Labute approximate surface area is 200 Å². The molecule has 0 amide bonds. The Morgan fingerprint density at radius 2 is 1.79 bits per heavy atom. The van der Waals surface area contributed by atoms with Crippen molar-refractivity contribution in [3.63, 3.8) is 0 Å². The lowest BCUT2D eigenvalue weighted by Crippen LogP contribution is -2.52. The van der Waals surface area contributed by atoms with Crippen molar-refractivity contribution in [1.82, 2.24) is 24.8 Å². The molecule has 5 heterocycles.